The summed E-state index contributed by atoms with van der Waals surface area (Å²) < 4.78 is 8.49. The summed E-state index contributed by atoms with van der Waals surface area (Å²) in [4.78, 5) is 4.50. The normalized spacial score (nSPS) is 19.9. The molecular weight excluding hydrogens is 288 g/mol. The van der Waals surface area contributed by atoms with E-state index in [4.69, 9.17) is 11.6 Å². The molecule has 2 aromatic rings. The molecule has 1 unspecified atom stereocenters. The van der Waals surface area contributed by atoms with Crippen molar-refractivity contribution in [2.45, 2.75) is 6.92 Å². The molecule has 2 heterocycles. The van der Waals surface area contributed by atoms with Crippen LogP contribution in [-0.4, -0.2) is 26.2 Å². The Bertz CT molecular complexity index is 610. The molecule has 1 aromatic heterocycles. The molecule has 1 atom stereocenters. The van der Waals surface area contributed by atoms with Crippen LogP contribution in [0.25, 0.3) is 11.0 Å². The predicted octanol–water partition coefficient (Wildman–Crippen LogP) is 3.50. The van der Waals surface area contributed by atoms with Crippen molar-refractivity contribution in [2.75, 3.05) is 17.6 Å². The van der Waals surface area contributed by atoms with Gasteiger partial charge in [-0.15, -0.1) is 0 Å². The molecule has 0 aliphatic carbocycles. The predicted molar refractivity (Wildman–Crippen MR) is 80.0 cm³/mol. The van der Waals surface area contributed by atoms with Crippen molar-refractivity contribution in [1.82, 2.24) is 8.75 Å². The number of rotatable bonds is 1. The molecule has 7 heteroatoms. The Hall–Kier alpha value is -0.850. The van der Waals surface area contributed by atoms with Crippen LogP contribution in [-0.2, 0) is 0 Å². The summed E-state index contributed by atoms with van der Waals surface area (Å²) in [5, 5.41) is 4.85. The molecule has 0 bridgehead atoms. The Balaban J connectivity index is 1.94. The third kappa shape index (κ3) is 2.32. The number of hydrogen-bond acceptors (Lipinski definition) is 6. The Labute approximate surface area is 118 Å². The van der Waals surface area contributed by atoms with Gasteiger partial charge in [-0.25, -0.2) is 0 Å². The van der Waals surface area contributed by atoms with E-state index in [0.29, 0.717) is 10.9 Å². The van der Waals surface area contributed by atoms with Gasteiger partial charge in [0.05, 0.1) is 22.4 Å². The minimum absolute atomic E-state index is 0.632. The van der Waals surface area contributed by atoms with Crippen molar-refractivity contribution in [1.29, 1.82) is 0 Å². The molecule has 18 heavy (non-hydrogen) atoms. The number of fused-ring (bicyclic) bond motifs is 1. The van der Waals surface area contributed by atoms with Crippen LogP contribution in [0.2, 0.25) is 5.02 Å². The fraction of sp³-hybridized carbons (Fsp3) is 0.364. The summed E-state index contributed by atoms with van der Waals surface area (Å²) >= 11 is 9.13. The fourth-order valence-electron chi connectivity index (χ4n) is 1.69. The number of nitrogens with zero attached hydrogens (tertiary/aromatic N) is 3. The SMILES string of the molecule is CC1CN=C(Nc2c(Cl)ccc3nsnc23)SC1. The molecule has 94 valence electrons. The lowest BCUT2D eigenvalue weighted by Gasteiger charge is -2.18. The summed E-state index contributed by atoms with van der Waals surface area (Å²) in [6.45, 7) is 3.06. The summed E-state index contributed by atoms with van der Waals surface area (Å²) in [6.07, 6.45) is 0. The average Bonchev–Trinajstić information content (AvgIpc) is 2.84. The highest BCUT2D eigenvalue weighted by Gasteiger charge is 2.16. The molecule has 1 aromatic carbocycles. The second-order valence-corrected chi connectivity index (χ2v) is 6.19. The lowest BCUT2D eigenvalue weighted by molar-refractivity contribution is 0.674. The third-order valence-electron chi connectivity index (χ3n) is 2.66. The summed E-state index contributed by atoms with van der Waals surface area (Å²) in [7, 11) is 0. The Morgan fingerprint density at radius 1 is 1.39 bits per heavy atom. The van der Waals surface area contributed by atoms with Gasteiger partial charge in [0.1, 0.15) is 11.0 Å². The van der Waals surface area contributed by atoms with Crippen molar-refractivity contribution in [3.63, 3.8) is 0 Å². The summed E-state index contributed by atoms with van der Waals surface area (Å²) in [5.74, 6) is 1.71. The number of amidine groups is 1. The zero-order chi connectivity index (χ0) is 12.5. The van der Waals surface area contributed by atoms with Crippen molar-refractivity contribution in [3.8, 4) is 0 Å². The summed E-state index contributed by atoms with van der Waals surface area (Å²) in [5.41, 5.74) is 2.49. The number of benzene rings is 1. The number of nitrogens with one attached hydrogen (secondary N) is 1. The molecule has 4 nitrogen and oxygen atoms in total. The van der Waals surface area contributed by atoms with E-state index in [1.54, 1.807) is 11.8 Å². The molecule has 1 N–H and O–H groups in total. The van der Waals surface area contributed by atoms with E-state index in [1.165, 1.54) is 11.7 Å². The number of hydrogen-bond donors (Lipinski definition) is 1. The van der Waals surface area contributed by atoms with E-state index in [9.17, 15) is 0 Å². The molecule has 1 aliphatic heterocycles. The zero-order valence-electron chi connectivity index (χ0n) is 9.68. The van der Waals surface area contributed by atoms with E-state index in [1.807, 2.05) is 12.1 Å². The number of aliphatic imine (C=N–C) groups is 1. The van der Waals surface area contributed by atoms with Gasteiger partial charge in [0.25, 0.3) is 0 Å². The maximum absolute atomic E-state index is 6.22. The summed E-state index contributed by atoms with van der Waals surface area (Å²) in [6, 6.07) is 3.72. The second kappa shape index (κ2) is 5.03. The Morgan fingerprint density at radius 3 is 3.06 bits per heavy atom. The lowest BCUT2D eigenvalue weighted by atomic mass is 10.2. The third-order valence-corrected chi connectivity index (χ3v) is 4.76. The van der Waals surface area contributed by atoms with Crippen molar-refractivity contribution < 1.29 is 0 Å². The monoisotopic (exact) mass is 298 g/mol. The first-order valence-electron chi connectivity index (χ1n) is 5.59. The highest BCUT2D eigenvalue weighted by atomic mass is 35.5. The molecule has 0 fully saturated rings. The van der Waals surface area contributed by atoms with Crippen molar-refractivity contribution in [3.05, 3.63) is 17.2 Å². The minimum Gasteiger partial charge on any atom is -0.332 e. The van der Waals surface area contributed by atoms with Gasteiger partial charge in [-0.3, -0.25) is 4.99 Å². The van der Waals surface area contributed by atoms with E-state index in [-0.39, 0.29) is 0 Å². The maximum Gasteiger partial charge on any atom is 0.161 e. The van der Waals surface area contributed by atoms with E-state index in [2.05, 4.69) is 26.0 Å². The standard InChI is InChI=1S/C11H11ClN4S2/c1-6-4-13-11(17-5-6)14-9-7(12)2-3-8-10(9)16-18-15-8/h2-3,6H,4-5H2,1H3,(H,13,14). The van der Waals surface area contributed by atoms with Gasteiger partial charge >= 0.3 is 0 Å². The van der Waals surface area contributed by atoms with Gasteiger partial charge in [-0.1, -0.05) is 30.3 Å². The van der Waals surface area contributed by atoms with Crippen LogP contribution in [0.4, 0.5) is 5.69 Å². The van der Waals surface area contributed by atoms with Crippen LogP contribution >= 0.6 is 35.1 Å². The molecule has 0 radical (unpaired) electrons. The molecule has 0 saturated carbocycles. The molecule has 0 spiro atoms. The molecule has 0 amide bonds. The molecule has 3 rings (SSSR count). The highest BCUT2D eigenvalue weighted by Crippen LogP contribution is 2.31. The van der Waals surface area contributed by atoms with Crippen LogP contribution < -0.4 is 5.32 Å². The topological polar surface area (TPSA) is 50.2 Å². The van der Waals surface area contributed by atoms with Gasteiger partial charge in [0.2, 0.25) is 0 Å². The average molecular weight is 299 g/mol. The smallest absolute Gasteiger partial charge is 0.161 e. The van der Waals surface area contributed by atoms with Crippen LogP contribution in [0.1, 0.15) is 6.92 Å². The van der Waals surface area contributed by atoms with Gasteiger partial charge < -0.3 is 5.32 Å². The lowest BCUT2D eigenvalue weighted by Crippen LogP contribution is -2.19. The zero-order valence-corrected chi connectivity index (χ0v) is 12.1. The first kappa shape index (κ1) is 12.2. The molecule has 0 saturated heterocycles. The number of anilines is 1. The molecule has 1 aliphatic rings. The van der Waals surface area contributed by atoms with Crippen molar-refractivity contribution in [2.24, 2.45) is 10.9 Å². The van der Waals surface area contributed by atoms with Crippen LogP contribution in [0.3, 0.4) is 0 Å². The Kier molecular flexibility index (Phi) is 3.41. The van der Waals surface area contributed by atoms with E-state index >= 15 is 0 Å². The van der Waals surface area contributed by atoms with Gasteiger partial charge in [-0.05, 0) is 18.1 Å². The fourth-order valence-corrected chi connectivity index (χ4v) is 3.32. The number of thioether (sulfide) groups is 1. The van der Waals surface area contributed by atoms with E-state index < -0.39 is 0 Å². The van der Waals surface area contributed by atoms with Crippen LogP contribution in [0.5, 0.6) is 0 Å². The van der Waals surface area contributed by atoms with E-state index in [0.717, 1.165) is 34.2 Å². The van der Waals surface area contributed by atoms with Crippen LogP contribution in [0.15, 0.2) is 17.1 Å². The largest absolute Gasteiger partial charge is 0.332 e. The second-order valence-electron chi connectivity index (χ2n) is 4.24. The van der Waals surface area contributed by atoms with Gasteiger partial charge in [-0.2, -0.15) is 8.75 Å². The first-order chi connectivity index (χ1) is 8.74. The van der Waals surface area contributed by atoms with Crippen LogP contribution in [0, 0.1) is 5.92 Å². The van der Waals surface area contributed by atoms with Gasteiger partial charge in [0, 0.05) is 12.3 Å². The van der Waals surface area contributed by atoms with Gasteiger partial charge in [0.15, 0.2) is 5.17 Å². The quantitative estimate of drug-likeness (QED) is 0.875. The Morgan fingerprint density at radius 2 is 2.28 bits per heavy atom. The van der Waals surface area contributed by atoms with Crippen molar-refractivity contribution >= 4 is 57.0 Å². The molecular formula is C11H11ClN4S2. The minimum atomic E-state index is 0.632. The number of aromatic nitrogens is 2. The number of halogens is 1. The first-order valence-corrected chi connectivity index (χ1v) is 7.68. The highest BCUT2D eigenvalue weighted by molar-refractivity contribution is 8.14. The maximum atomic E-state index is 6.22.